The molecule has 0 saturated heterocycles. The van der Waals surface area contributed by atoms with Gasteiger partial charge in [0.25, 0.3) is 6.08 Å². The summed E-state index contributed by atoms with van der Waals surface area (Å²) < 4.78 is 64.5. The van der Waals surface area contributed by atoms with Crippen molar-refractivity contribution in [1.29, 1.82) is 0 Å². The molecule has 1 atom stereocenters. The predicted molar refractivity (Wildman–Crippen MR) is 75.6 cm³/mol. The molecule has 0 N–H and O–H groups in total. The molecule has 1 rings (SSSR count). The summed E-state index contributed by atoms with van der Waals surface area (Å²) in [4.78, 5) is 0. The first kappa shape index (κ1) is 20.1. The molecular formula is C14H16F3NO3S. The van der Waals surface area contributed by atoms with Gasteiger partial charge in [-0.05, 0) is 18.6 Å². The van der Waals surface area contributed by atoms with Gasteiger partial charge in [-0.3, -0.25) is 0 Å². The van der Waals surface area contributed by atoms with Gasteiger partial charge < -0.3 is 4.55 Å². The zero-order valence-corrected chi connectivity index (χ0v) is 12.5. The molecule has 0 aliphatic rings. The Balaban J connectivity index is 0.000000409. The van der Waals surface area contributed by atoms with Crippen LogP contribution in [-0.2, 0) is 23.1 Å². The van der Waals surface area contributed by atoms with E-state index in [0.717, 1.165) is 13.0 Å². The molecule has 1 aromatic heterocycles. The van der Waals surface area contributed by atoms with Crippen molar-refractivity contribution in [1.82, 2.24) is 0 Å². The Morgan fingerprint density at radius 3 is 2.41 bits per heavy atom. The zero-order valence-electron chi connectivity index (χ0n) is 11.7. The highest BCUT2D eigenvalue weighted by atomic mass is 32.2. The summed E-state index contributed by atoms with van der Waals surface area (Å²) in [5.74, 6) is 0. The fourth-order valence-electron chi connectivity index (χ4n) is 1.31. The van der Waals surface area contributed by atoms with Crippen molar-refractivity contribution in [2.45, 2.75) is 18.5 Å². The Kier molecular flexibility index (Phi) is 9.04. The number of halogens is 3. The number of hydrogen-bond donors (Lipinski definition) is 0. The molecule has 1 aromatic rings. The van der Waals surface area contributed by atoms with Gasteiger partial charge in [-0.15, -0.1) is 6.58 Å². The number of allylic oxidation sites excluding steroid dienone is 2. The second-order valence-corrected chi connectivity index (χ2v) is 5.43. The summed E-state index contributed by atoms with van der Waals surface area (Å²) in [6.07, 6.45) is 5.77. The average Bonchev–Trinajstić information content (AvgIpc) is 2.39. The minimum Gasteiger partial charge on any atom is -0.745 e. The molecule has 0 saturated carbocycles. The Bertz CT molecular complexity index is 601. The van der Waals surface area contributed by atoms with Crippen molar-refractivity contribution in [3.63, 3.8) is 0 Å². The SMILES string of the molecule is C=CCc1ccc[n+](CC=C)c1.O=S(=O)([O-])C(F)C=C(F)F. The lowest BCUT2D eigenvalue weighted by Crippen LogP contribution is -2.31. The minimum absolute atomic E-state index is 0.567. The number of aromatic nitrogens is 1. The van der Waals surface area contributed by atoms with E-state index in [-0.39, 0.29) is 0 Å². The number of nitrogens with zero attached hydrogens (tertiary/aromatic N) is 1. The van der Waals surface area contributed by atoms with Gasteiger partial charge in [0.05, 0.1) is 0 Å². The smallest absolute Gasteiger partial charge is 0.270 e. The molecule has 0 fully saturated rings. The van der Waals surface area contributed by atoms with E-state index in [1.54, 1.807) is 0 Å². The topological polar surface area (TPSA) is 61.1 Å². The molecule has 8 heteroatoms. The van der Waals surface area contributed by atoms with Crippen molar-refractivity contribution in [2.24, 2.45) is 0 Å². The fourth-order valence-corrected chi connectivity index (χ4v) is 1.58. The summed E-state index contributed by atoms with van der Waals surface area (Å²) in [6.45, 7) is 8.26. The monoisotopic (exact) mass is 335 g/mol. The lowest BCUT2D eigenvalue weighted by Gasteiger charge is -2.06. The molecule has 22 heavy (non-hydrogen) atoms. The first-order valence-electron chi connectivity index (χ1n) is 6.02. The van der Waals surface area contributed by atoms with E-state index in [4.69, 9.17) is 0 Å². The summed E-state index contributed by atoms with van der Waals surface area (Å²) in [5, 5.41) is 0. The van der Waals surface area contributed by atoms with Gasteiger partial charge in [0.2, 0.25) is 5.50 Å². The summed E-state index contributed by atoms with van der Waals surface area (Å²) >= 11 is 0. The van der Waals surface area contributed by atoms with Crippen LogP contribution in [0.25, 0.3) is 0 Å². The van der Waals surface area contributed by atoms with Crippen molar-refractivity contribution >= 4 is 10.1 Å². The minimum atomic E-state index is -5.27. The number of pyridine rings is 1. The van der Waals surface area contributed by atoms with Crippen LogP contribution in [0.2, 0.25) is 0 Å². The van der Waals surface area contributed by atoms with Crippen LogP contribution < -0.4 is 4.57 Å². The first-order valence-corrected chi connectivity index (χ1v) is 7.49. The van der Waals surface area contributed by atoms with Gasteiger partial charge in [0.1, 0.15) is 10.1 Å². The van der Waals surface area contributed by atoms with Crippen molar-refractivity contribution in [3.8, 4) is 0 Å². The lowest BCUT2D eigenvalue weighted by atomic mass is 10.2. The molecule has 1 heterocycles. The molecule has 122 valence electrons. The third kappa shape index (κ3) is 9.09. The van der Waals surface area contributed by atoms with Crippen LogP contribution in [0.5, 0.6) is 0 Å². The molecule has 1 unspecified atom stereocenters. The van der Waals surface area contributed by atoms with Crippen molar-refractivity contribution in [3.05, 3.63) is 67.6 Å². The number of alkyl halides is 1. The van der Waals surface area contributed by atoms with Gasteiger partial charge in [-0.1, -0.05) is 12.7 Å². The Hall–Kier alpha value is -1.93. The van der Waals surface area contributed by atoms with Crippen molar-refractivity contribution < 1.29 is 30.7 Å². The maximum atomic E-state index is 11.7. The number of hydrogen-bond acceptors (Lipinski definition) is 3. The average molecular weight is 335 g/mol. The lowest BCUT2D eigenvalue weighted by molar-refractivity contribution is -0.687. The Labute approximate surface area is 127 Å². The van der Waals surface area contributed by atoms with Crippen molar-refractivity contribution in [2.75, 3.05) is 0 Å². The van der Waals surface area contributed by atoms with Crippen LogP contribution in [0, 0.1) is 0 Å². The van der Waals surface area contributed by atoms with Crippen LogP contribution >= 0.6 is 0 Å². The van der Waals surface area contributed by atoms with E-state index in [9.17, 15) is 26.1 Å². The molecule has 0 spiro atoms. The second-order valence-electron chi connectivity index (χ2n) is 3.99. The highest BCUT2D eigenvalue weighted by Gasteiger charge is 2.12. The third-order valence-corrected chi connectivity index (χ3v) is 2.86. The zero-order chi connectivity index (χ0) is 17.2. The standard InChI is InChI=1S/C11H14N.C3H3F3O3S/c1-3-6-11-7-5-9-12(10-11)8-4-2;4-2(5)1-3(6)10(7,8)9/h3-5,7,9-10H,1-2,6,8H2;1,3H,(H,7,8,9)/q+1;/p-1. The quantitative estimate of drug-likeness (QED) is 0.456. The molecule has 4 nitrogen and oxygen atoms in total. The van der Waals surface area contributed by atoms with Gasteiger partial charge in [0.15, 0.2) is 18.9 Å². The maximum absolute atomic E-state index is 11.7. The van der Waals surface area contributed by atoms with Crippen LogP contribution in [0.15, 0.2) is 62.0 Å². The fraction of sp³-hybridized carbons (Fsp3) is 0.214. The van der Waals surface area contributed by atoms with Crippen LogP contribution in [0.4, 0.5) is 13.2 Å². The van der Waals surface area contributed by atoms with E-state index in [2.05, 4.69) is 30.0 Å². The summed E-state index contributed by atoms with van der Waals surface area (Å²) in [7, 11) is -5.27. The molecule has 0 aliphatic heterocycles. The van der Waals surface area contributed by atoms with Gasteiger partial charge >= 0.3 is 0 Å². The Morgan fingerprint density at radius 2 is 2.00 bits per heavy atom. The number of rotatable bonds is 6. The van der Waals surface area contributed by atoms with Gasteiger partial charge in [0, 0.05) is 17.7 Å². The van der Waals surface area contributed by atoms with Crippen LogP contribution in [0.1, 0.15) is 5.56 Å². The highest BCUT2D eigenvalue weighted by Crippen LogP contribution is 2.07. The largest absolute Gasteiger partial charge is 0.745 e. The molecule has 0 radical (unpaired) electrons. The van der Waals surface area contributed by atoms with E-state index in [1.807, 2.05) is 24.4 Å². The van der Waals surface area contributed by atoms with E-state index in [1.165, 1.54) is 5.56 Å². The summed E-state index contributed by atoms with van der Waals surface area (Å²) in [6, 6.07) is 4.14. The third-order valence-electron chi connectivity index (χ3n) is 2.17. The van der Waals surface area contributed by atoms with Crippen LogP contribution in [0.3, 0.4) is 0 Å². The predicted octanol–water partition coefficient (Wildman–Crippen LogP) is 2.50. The van der Waals surface area contributed by atoms with Crippen LogP contribution in [-0.4, -0.2) is 18.5 Å². The Morgan fingerprint density at radius 1 is 1.36 bits per heavy atom. The molecule has 0 aliphatic carbocycles. The van der Waals surface area contributed by atoms with E-state index in [0.29, 0.717) is 0 Å². The normalized spacial score (nSPS) is 11.6. The molecule has 0 bridgehead atoms. The maximum Gasteiger partial charge on any atom is 0.270 e. The highest BCUT2D eigenvalue weighted by molar-refractivity contribution is 7.86. The molecular weight excluding hydrogens is 319 g/mol. The van der Waals surface area contributed by atoms with Gasteiger partial charge in [-0.25, -0.2) is 17.4 Å². The molecule has 0 amide bonds. The van der Waals surface area contributed by atoms with E-state index >= 15 is 0 Å². The first-order chi connectivity index (χ1) is 10.2. The van der Waals surface area contributed by atoms with Gasteiger partial charge in [-0.2, -0.15) is 8.78 Å². The second kappa shape index (κ2) is 9.91. The molecule has 0 aromatic carbocycles. The summed E-state index contributed by atoms with van der Waals surface area (Å²) in [5.41, 5.74) is -1.87. The van der Waals surface area contributed by atoms with E-state index < -0.39 is 27.8 Å².